The standard InChI is InChI=1S/C10H15N3/c11-9-4-8(5-9)6-13-10-2-1-3-12-7-10/h1-3,7-9,13H,4-6,11H2. The molecule has 2 rings (SSSR count). The van der Waals surface area contributed by atoms with E-state index in [2.05, 4.69) is 10.3 Å². The molecule has 1 aromatic rings. The Morgan fingerprint density at radius 2 is 2.38 bits per heavy atom. The molecule has 0 unspecified atom stereocenters. The highest BCUT2D eigenvalue weighted by Crippen LogP contribution is 2.25. The maximum absolute atomic E-state index is 5.70. The molecule has 0 radical (unpaired) electrons. The molecule has 0 amide bonds. The summed E-state index contributed by atoms with van der Waals surface area (Å²) in [4.78, 5) is 4.03. The first-order valence-corrected chi connectivity index (χ1v) is 4.74. The van der Waals surface area contributed by atoms with Gasteiger partial charge in [0.05, 0.1) is 5.69 Å². The second kappa shape index (κ2) is 3.75. The summed E-state index contributed by atoms with van der Waals surface area (Å²) in [6, 6.07) is 4.42. The van der Waals surface area contributed by atoms with Crippen LogP contribution < -0.4 is 11.1 Å². The average molecular weight is 177 g/mol. The van der Waals surface area contributed by atoms with Crippen molar-refractivity contribution >= 4 is 5.69 Å². The topological polar surface area (TPSA) is 50.9 Å². The molecule has 0 spiro atoms. The summed E-state index contributed by atoms with van der Waals surface area (Å²) in [6.07, 6.45) is 5.95. The number of hydrogen-bond acceptors (Lipinski definition) is 3. The minimum atomic E-state index is 0.445. The Labute approximate surface area is 78.4 Å². The molecule has 0 saturated heterocycles. The quantitative estimate of drug-likeness (QED) is 0.730. The van der Waals surface area contributed by atoms with Gasteiger partial charge in [-0.25, -0.2) is 0 Å². The monoisotopic (exact) mass is 177 g/mol. The summed E-state index contributed by atoms with van der Waals surface area (Å²) in [5.74, 6) is 0.759. The van der Waals surface area contributed by atoms with E-state index in [1.54, 1.807) is 6.20 Å². The predicted molar refractivity (Wildman–Crippen MR) is 53.4 cm³/mol. The predicted octanol–water partition coefficient (Wildman–Crippen LogP) is 1.23. The molecule has 3 N–H and O–H groups in total. The number of hydrogen-bond donors (Lipinski definition) is 2. The first-order chi connectivity index (χ1) is 6.34. The van der Waals surface area contributed by atoms with Gasteiger partial charge in [-0.3, -0.25) is 4.98 Å². The van der Waals surface area contributed by atoms with E-state index < -0.39 is 0 Å². The van der Waals surface area contributed by atoms with Gasteiger partial charge in [-0.15, -0.1) is 0 Å². The van der Waals surface area contributed by atoms with Gasteiger partial charge in [0, 0.05) is 25.0 Å². The molecule has 1 aromatic heterocycles. The van der Waals surface area contributed by atoms with E-state index >= 15 is 0 Å². The van der Waals surface area contributed by atoms with Crippen molar-refractivity contribution in [3.8, 4) is 0 Å². The zero-order valence-electron chi connectivity index (χ0n) is 7.61. The summed E-state index contributed by atoms with van der Waals surface area (Å²) >= 11 is 0. The van der Waals surface area contributed by atoms with Crippen molar-refractivity contribution in [3.05, 3.63) is 24.5 Å². The van der Waals surface area contributed by atoms with Crippen LogP contribution in [0.15, 0.2) is 24.5 Å². The van der Waals surface area contributed by atoms with Crippen LogP contribution in [0.4, 0.5) is 5.69 Å². The fourth-order valence-corrected chi connectivity index (χ4v) is 1.68. The lowest BCUT2D eigenvalue weighted by Gasteiger charge is -2.32. The van der Waals surface area contributed by atoms with Crippen LogP contribution in [0, 0.1) is 5.92 Å². The summed E-state index contributed by atoms with van der Waals surface area (Å²) in [5, 5.41) is 3.35. The molecule has 3 heteroatoms. The fraction of sp³-hybridized carbons (Fsp3) is 0.500. The molecule has 1 aliphatic carbocycles. The first kappa shape index (κ1) is 8.51. The SMILES string of the molecule is NC1CC(CNc2cccnc2)C1. The minimum absolute atomic E-state index is 0.445. The van der Waals surface area contributed by atoms with Gasteiger partial charge in [0.2, 0.25) is 0 Å². The van der Waals surface area contributed by atoms with Crippen LogP contribution in [0.2, 0.25) is 0 Å². The Hall–Kier alpha value is -1.09. The van der Waals surface area contributed by atoms with Crippen molar-refractivity contribution in [1.29, 1.82) is 0 Å². The Balaban J connectivity index is 1.74. The van der Waals surface area contributed by atoms with Gasteiger partial charge in [0.15, 0.2) is 0 Å². The van der Waals surface area contributed by atoms with Crippen molar-refractivity contribution in [2.24, 2.45) is 11.7 Å². The molecular weight excluding hydrogens is 162 g/mol. The smallest absolute Gasteiger partial charge is 0.0526 e. The van der Waals surface area contributed by atoms with Crippen molar-refractivity contribution in [3.63, 3.8) is 0 Å². The molecule has 1 fully saturated rings. The first-order valence-electron chi connectivity index (χ1n) is 4.74. The van der Waals surface area contributed by atoms with Crippen LogP contribution in [-0.4, -0.2) is 17.6 Å². The molecular formula is C10H15N3. The third-order valence-corrected chi connectivity index (χ3v) is 2.53. The van der Waals surface area contributed by atoms with E-state index in [4.69, 9.17) is 5.73 Å². The number of rotatable bonds is 3. The minimum Gasteiger partial charge on any atom is -0.384 e. The van der Waals surface area contributed by atoms with Crippen LogP contribution in [-0.2, 0) is 0 Å². The van der Waals surface area contributed by atoms with Crippen LogP contribution in [0.1, 0.15) is 12.8 Å². The zero-order chi connectivity index (χ0) is 9.10. The molecule has 1 saturated carbocycles. The molecule has 0 atom stereocenters. The number of nitrogens with one attached hydrogen (secondary N) is 1. The molecule has 3 nitrogen and oxygen atoms in total. The zero-order valence-corrected chi connectivity index (χ0v) is 7.61. The molecule has 0 aromatic carbocycles. The second-order valence-corrected chi connectivity index (χ2v) is 3.72. The van der Waals surface area contributed by atoms with Crippen molar-refractivity contribution in [2.45, 2.75) is 18.9 Å². The summed E-state index contributed by atoms with van der Waals surface area (Å²) in [6.45, 7) is 1.03. The van der Waals surface area contributed by atoms with Crippen LogP contribution >= 0.6 is 0 Å². The van der Waals surface area contributed by atoms with Crippen molar-refractivity contribution < 1.29 is 0 Å². The Kier molecular flexibility index (Phi) is 2.45. The highest BCUT2D eigenvalue weighted by Gasteiger charge is 2.25. The van der Waals surface area contributed by atoms with E-state index in [1.807, 2.05) is 18.3 Å². The van der Waals surface area contributed by atoms with Crippen LogP contribution in [0.5, 0.6) is 0 Å². The highest BCUT2D eigenvalue weighted by molar-refractivity contribution is 5.39. The maximum Gasteiger partial charge on any atom is 0.0526 e. The molecule has 0 bridgehead atoms. The highest BCUT2D eigenvalue weighted by atomic mass is 14.9. The maximum atomic E-state index is 5.70. The second-order valence-electron chi connectivity index (χ2n) is 3.72. The number of nitrogens with two attached hydrogens (primary N) is 1. The summed E-state index contributed by atoms with van der Waals surface area (Å²) < 4.78 is 0. The van der Waals surface area contributed by atoms with Gasteiger partial charge >= 0.3 is 0 Å². The van der Waals surface area contributed by atoms with Gasteiger partial charge in [-0.2, -0.15) is 0 Å². The Morgan fingerprint density at radius 3 is 3.00 bits per heavy atom. The number of nitrogens with zero attached hydrogens (tertiary/aromatic N) is 1. The average Bonchev–Trinajstić information content (AvgIpc) is 2.12. The largest absolute Gasteiger partial charge is 0.384 e. The molecule has 1 heterocycles. The van der Waals surface area contributed by atoms with E-state index in [9.17, 15) is 0 Å². The number of anilines is 1. The van der Waals surface area contributed by atoms with Crippen molar-refractivity contribution in [1.82, 2.24) is 4.98 Å². The Morgan fingerprint density at radius 1 is 1.54 bits per heavy atom. The van der Waals surface area contributed by atoms with Gasteiger partial charge in [-0.05, 0) is 30.9 Å². The molecule has 13 heavy (non-hydrogen) atoms. The summed E-state index contributed by atoms with van der Waals surface area (Å²) in [7, 11) is 0. The third kappa shape index (κ3) is 2.18. The summed E-state index contributed by atoms with van der Waals surface area (Å²) in [5.41, 5.74) is 6.80. The molecule has 1 aliphatic rings. The van der Waals surface area contributed by atoms with Gasteiger partial charge < -0.3 is 11.1 Å². The van der Waals surface area contributed by atoms with E-state index in [0.717, 1.165) is 31.0 Å². The van der Waals surface area contributed by atoms with Gasteiger partial charge in [0.25, 0.3) is 0 Å². The Bertz CT molecular complexity index is 254. The lowest BCUT2D eigenvalue weighted by atomic mass is 9.81. The van der Waals surface area contributed by atoms with Gasteiger partial charge in [0.1, 0.15) is 0 Å². The van der Waals surface area contributed by atoms with Crippen LogP contribution in [0.3, 0.4) is 0 Å². The van der Waals surface area contributed by atoms with E-state index in [-0.39, 0.29) is 0 Å². The lowest BCUT2D eigenvalue weighted by molar-refractivity contribution is 0.280. The molecule has 0 aliphatic heterocycles. The normalized spacial score (nSPS) is 26.5. The van der Waals surface area contributed by atoms with E-state index in [1.165, 1.54) is 0 Å². The van der Waals surface area contributed by atoms with Crippen LogP contribution in [0.25, 0.3) is 0 Å². The lowest BCUT2D eigenvalue weighted by Crippen LogP contribution is -2.39. The fourth-order valence-electron chi connectivity index (χ4n) is 1.68. The van der Waals surface area contributed by atoms with Crippen molar-refractivity contribution in [2.75, 3.05) is 11.9 Å². The number of aromatic nitrogens is 1. The van der Waals surface area contributed by atoms with E-state index in [0.29, 0.717) is 6.04 Å². The third-order valence-electron chi connectivity index (χ3n) is 2.53. The van der Waals surface area contributed by atoms with Gasteiger partial charge in [-0.1, -0.05) is 0 Å². The number of pyridine rings is 1. The molecule has 70 valence electrons.